The number of nitrogens with two attached hydrogens (primary N) is 1. The number of ether oxygens (including phenoxy) is 1. The van der Waals surface area contributed by atoms with E-state index in [4.69, 9.17) is 10.5 Å². The molecule has 6 heteroatoms. The van der Waals surface area contributed by atoms with Crippen LogP contribution in [0.15, 0.2) is 18.2 Å². The van der Waals surface area contributed by atoms with Gasteiger partial charge in [-0.2, -0.15) is 0 Å². The highest BCUT2D eigenvalue weighted by atomic mass is 32.2. The second kappa shape index (κ2) is 7.23. The standard InChI is InChI=1S/C13H22N2O3S/c1-3-6-18-13-9-11(14)8-12(10-13)15-5-7-19(16,17)4-2/h8-10,15H,3-7,14H2,1-2H3. The molecule has 108 valence electrons. The number of hydrogen-bond donors (Lipinski definition) is 2. The van der Waals surface area contributed by atoms with Gasteiger partial charge in [-0.05, 0) is 12.5 Å². The van der Waals surface area contributed by atoms with Crippen LogP contribution in [0.5, 0.6) is 5.75 Å². The van der Waals surface area contributed by atoms with Crippen molar-refractivity contribution in [2.45, 2.75) is 20.3 Å². The van der Waals surface area contributed by atoms with Crippen molar-refractivity contribution in [2.24, 2.45) is 0 Å². The van der Waals surface area contributed by atoms with Crippen molar-refractivity contribution in [3.05, 3.63) is 18.2 Å². The van der Waals surface area contributed by atoms with Gasteiger partial charge < -0.3 is 15.8 Å². The van der Waals surface area contributed by atoms with Gasteiger partial charge in [-0.3, -0.25) is 0 Å². The van der Waals surface area contributed by atoms with Crippen molar-refractivity contribution in [1.82, 2.24) is 0 Å². The van der Waals surface area contributed by atoms with E-state index in [1.54, 1.807) is 19.1 Å². The molecule has 5 nitrogen and oxygen atoms in total. The maximum Gasteiger partial charge on any atom is 0.151 e. The van der Waals surface area contributed by atoms with E-state index in [1.807, 2.05) is 13.0 Å². The van der Waals surface area contributed by atoms with Gasteiger partial charge in [0.15, 0.2) is 9.84 Å². The summed E-state index contributed by atoms with van der Waals surface area (Å²) in [7, 11) is -2.95. The summed E-state index contributed by atoms with van der Waals surface area (Å²) in [6.45, 7) is 4.67. The predicted octanol–water partition coefficient (Wildman–Crippen LogP) is 1.90. The number of anilines is 2. The molecule has 1 aromatic rings. The number of nitrogen functional groups attached to an aromatic ring is 1. The average molecular weight is 286 g/mol. The molecule has 0 spiro atoms. The summed E-state index contributed by atoms with van der Waals surface area (Å²) in [5.74, 6) is 0.975. The van der Waals surface area contributed by atoms with Gasteiger partial charge in [-0.1, -0.05) is 13.8 Å². The summed E-state index contributed by atoms with van der Waals surface area (Å²) in [6.07, 6.45) is 0.923. The topological polar surface area (TPSA) is 81.4 Å². The highest BCUT2D eigenvalue weighted by Gasteiger charge is 2.07. The largest absolute Gasteiger partial charge is 0.493 e. The quantitative estimate of drug-likeness (QED) is 0.713. The van der Waals surface area contributed by atoms with Crippen LogP contribution >= 0.6 is 0 Å². The molecule has 0 heterocycles. The van der Waals surface area contributed by atoms with Gasteiger partial charge in [0.25, 0.3) is 0 Å². The summed E-state index contributed by atoms with van der Waals surface area (Å²) in [5.41, 5.74) is 7.14. The predicted molar refractivity (Wildman–Crippen MR) is 79.5 cm³/mol. The van der Waals surface area contributed by atoms with Crippen LogP contribution in [-0.4, -0.2) is 33.1 Å². The first-order valence-electron chi connectivity index (χ1n) is 6.44. The number of hydrogen-bond acceptors (Lipinski definition) is 5. The van der Waals surface area contributed by atoms with Crippen LogP contribution in [0.25, 0.3) is 0 Å². The minimum atomic E-state index is -2.95. The highest BCUT2D eigenvalue weighted by molar-refractivity contribution is 7.91. The summed E-state index contributed by atoms with van der Waals surface area (Å²) in [4.78, 5) is 0. The molecule has 0 aliphatic carbocycles. The van der Waals surface area contributed by atoms with Gasteiger partial charge in [0.05, 0.1) is 12.4 Å². The molecule has 0 bridgehead atoms. The first-order chi connectivity index (χ1) is 8.96. The molecule has 0 saturated heterocycles. The Morgan fingerprint density at radius 2 is 2.00 bits per heavy atom. The Kier molecular flexibility index (Phi) is 5.95. The summed E-state index contributed by atoms with van der Waals surface area (Å²) >= 11 is 0. The van der Waals surface area contributed by atoms with Crippen LogP contribution in [0.1, 0.15) is 20.3 Å². The lowest BCUT2D eigenvalue weighted by molar-refractivity contribution is 0.318. The van der Waals surface area contributed by atoms with E-state index < -0.39 is 9.84 Å². The van der Waals surface area contributed by atoms with E-state index in [2.05, 4.69) is 5.32 Å². The van der Waals surface area contributed by atoms with Gasteiger partial charge in [0.1, 0.15) is 5.75 Å². The average Bonchev–Trinajstić information content (AvgIpc) is 2.35. The third kappa shape index (κ3) is 5.83. The maximum atomic E-state index is 11.4. The lowest BCUT2D eigenvalue weighted by Crippen LogP contribution is -2.17. The molecule has 0 aliphatic heterocycles. The van der Waals surface area contributed by atoms with Crippen LogP contribution in [0.4, 0.5) is 11.4 Å². The van der Waals surface area contributed by atoms with Gasteiger partial charge in [0, 0.05) is 35.8 Å². The van der Waals surface area contributed by atoms with E-state index in [9.17, 15) is 8.42 Å². The second-order valence-electron chi connectivity index (χ2n) is 4.30. The molecule has 0 radical (unpaired) electrons. The molecule has 0 saturated carbocycles. The Morgan fingerprint density at radius 3 is 2.63 bits per heavy atom. The SMILES string of the molecule is CCCOc1cc(N)cc(NCCS(=O)(=O)CC)c1. The fraction of sp³-hybridized carbons (Fsp3) is 0.538. The smallest absolute Gasteiger partial charge is 0.151 e. The van der Waals surface area contributed by atoms with Gasteiger partial charge >= 0.3 is 0 Å². The van der Waals surface area contributed by atoms with Crippen molar-refractivity contribution in [2.75, 3.05) is 35.7 Å². The van der Waals surface area contributed by atoms with Gasteiger partial charge in [-0.25, -0.2) is 8.42 Å². The fourth-order valence-electron chi connectivity index (χ4n) is 1.52. The van der Waals surface area contributed by atoms with E-state index in [1.165, 1.54) is 0 Å². The third-order valence-electron chi connectivity index (χ3n) is 2.58. The van der Waals surface area contributed by atoms with Crippen molar-refractivity contribution < 1.29 is 13.2 Å². The minimum absolute atomic E-state index is 0.115. The lowest BCUT2D eigenvalue weighted by Gasteiger charge is -2.11. The first kappa shape index (κ1) is 15.6. The monoisotopic (exact) mass is 286 g/mol. The van der Waals surface area contributed by atoms with E-state index in [0.717, 1.165) is 12.1 Å². The fourth-order valence-corrected chi connectivity index (χ4v) is 2.22. The molecule has 19 heavy (non-hydrogen) atoms. The summed E-state index contributed by atoms with van der Waals surface area (Å²) in [5, 5.41) is 3.05. The molecular weight excluding hydrogens is 264 g/mol. The molecule has 0 aliphatic rings. The van der Waals surface area contributed by atoms with Crippen molar-refractivity contribution in [3.8, 4) is 5.75 Å². The Balaban J connectivity index is 2.60. The maximum absolute atomic E-state index is 11.4. The molecule has 1 rings (SSSR count). The molecular formula is C13H22N2O3S. The second-order valence-corrected chi connectivity index (χ2v) is 6.78. The highest BCUT2D eigenvalue weighted by Crippen LogP contribution is 2.22. The van der Waals surface area contributed by atoms with Crippen LogP contribution in [0, 0.1) is 0 Å². The Hall–Kier alpha value is -1.43. The third-order valence-corrected chi connectivity index (χ3v) is 4.29. The number of rotatable bonds is 8. The van der Waals surface area contributed by atoms with Crippen LogP contribution in [-0.2, 0) is 9.84 Å². The number of sulfone groups is 1. The molecule has 0 unspecified atom stereocenters. The van der Waals surface area contributed by atoms with E-state index in [-0.39, 0.29) is 11.5 Å². The minimum Gasteiger partial charge on any atom is -0.493 e. The zero-order valence-corrected chi connectivity index (χ0v) is 12.3. The Morgan fingerprint density at radius 1 is 1.26 bits per heavy atom. The van der Waals surface area contributed by atoms with Crippen molar-refractivity contribution in [3.63, 3.8) is 0 Å². The molecule has 3 N–H and O–H groups in total. The molecule has 0 aromatic heterocycles. The van der Waals surface area contributed by atoms with Gasteiger partial charge in [0.2, 0.25) is 0 Å². The first-order valence-corrected chi connectivity index (χ1v) is 8.26. The van der Waals surface area contributed by atoms with E-state index >= 15 is 0 Å². The van der Waals surface area contributed by atoms with Gasteiger partial charge in [-0.15, -0.1) is 0 Å². The number of benzene rings is 1. The lowest BCUT2D eigenvalue weighted by atomic mass is 10.2. The molecule has 0 amide bonds. The van der Waals surface area contributed by atoms with Crippen molar-refractivity contribution in [1.29, 1.82) is 0 Å². The Labute approximate surface area is 115 Å². The summed E-state index contributed by atoms with van der Waals surface area (Å²) < 4.78 is 28.3. The summed E-state index contributed by atoms with van der Waals surface area (Å²) in [6, 6.07) is 5.34. The molecule has 0 fully saturated rings. The Bertz CT molecular complexity index is 501. The number of nitrogens with one attached hydrogen (secondary N) is 1. The zero-order valence-electron chi connectivity index (χ0n) is 11.5. The normalized spacial score (nSPS) is 11.3. The van der Waals surface area contributed by atoms with Crippen LogP contribution in [0.2, 0.25) is 0 Å². The van der Waals surface area contributed by atoms with Crippen LogP contribution in [0.3, 0.4) is 0 Å². The van der Waals surface area contributed by atoms with Crippen molar-refractivity contribution >= 4 is 21.2 Å². The molecule has 1 aromatic carbocycles. The molecule has 0 atom stereocenters. The van der Waals surface area contributed by atoms with Crippen LogP contribution < -0.4 is 15.8 Å². The van der Waals surface area contributed by atoms with E-state index in [0.29, 0.717) is 24.6 Å². The zero-order chi connectivity index (χ0) is 14.3.